The molecule has 1 atom stereocenters. The maximum atomic E-state index is 5.51. The smallest absolute Gasteiger partial charge is 0.119 e. The monoisotopic (exact) mass is 446 g/mol. The largest absolute Gasteiger partial charge is 0.494 e. The molecular formula is C33H34O. The maximum absolute atomic E-state index is 5.51. The van der Waals surface area contributed by atoms with E-state index in [9.17, 15) is 0 Å². The van der Waals surface area contributed by atoms with E-state index in [0.717, 1.165) is 25.0 Å². The van der Waals surface area contributed by atoms with Crippen LogP contribution in [-0.4, -0.2) is 6.61 Å². The van der Waals surface area contributed by atoms with E-state index in [0.29, 0.717) is 12.5 Å². The Morgan fingerprint density at radius 2 is 1.12 bits per heavy atom. The molecule has 0 radical (unpaired) electrons. The Bertz CT molecular complexity index is 1150. The first-order valence-electron chi connectivity index (χ1n) is 12.3. The summed E-state index contributed by atoms with van der Waals surface area (Å²) in [6, 6.07) is 37.1. The number of aryl methyl sites for hydroxylation is 2. The lowest BCUT2D eigenvalue weighted by Gasteiger charge is -2.12. The molecule has 0 saturated heterocycles. The average molecular weight is 447 g/mol. The summed E-state index contributed by atoms with van der Waals surface area (Å²) >= 11 is 0. The second-order valence-electron chi connectivity index (χ2n) is 8.91. The minimum absolute atomic E-state index is 0.536. The summed E-state index contributed by atoms with van der Waals surface area (Å²) in [4.78, 5) is 0. The zero-order chi connectivity index (χ0) is 23.6. The van der Waals surface area contributed by atoms with Crippen molar-refractivity contribution in [3.63, 3.8) is 0 Å². The Hall–Kier alpha value is -3.58. The predicted octanol–water partition coefficient (Wildman–Crippen LogP) is 8.39. The van der Waals surface area contributed by atoms with Crippen molar-refractivity contribution in [2.75, 3.05) is 6.61 Å². The maximum Gasteiger partial charge on any atom is 0.119 e. The Balaban J connectivity index is 1.26. The van der Waals surface area contributed by atoms with Crippen LogP contribution in [0.15, 0.2) is 103 Å². The first-order chi connectivity index (χ1) is 16.7. The van der Waals surface area contributed by atoms with Crippen LogP contribution in [0, 0.1) is 0 Å². The molecule has 1 heteroatoms. The van der Waals surface area contributed by atoms with Gasteiger partial charge >= 0.3 is 0 Å². The summed E-state index contributed by atoms with van der Waals surface area (Å²) in [5.74, 6) is 1.45. The van der Waals surface area contributed by atoms with E-state index >= 15 is 0 Å². The zero-order valence-corrected chi connectivity index (χ0v) is 20.3. The zero-order valence-electron chi connectivity index (χ0n) is 20.3. The SMILES string of the molecule is CCOc1ccc(C=Cc2ccc(CCc3ccc(C[C@H](C)c4ccccc4)cc3)cc2)cc1. The minimum Gasteiger partial charge on any atom is -0.494 e. The molecule has 0 spiro atoms. The quantitative estimate of drug-likeness (QED) is 0.222. The van der Waals surface area contributed by atoms with Crippen LogP contribution >= 0.6 is 0 Å². The molecule has 4 aromatic rings. The average Bonchev–Trinajstić information content (AvgIpc) is 2.89. The molecule has 0 saturated carbocycles. The van der Waals surface area contributed by atoms with Crippen molar-refractivity contribution in [2.45, 2.75) is 39.0 Å². The van der Waals surface area contributed by atoms with Gasteiger partial charge in [-0.1, -0.05) is 110 Å². The van der Waals surface area contributed by atoms with Gasteiger partial charge in [-0.15, -0.1) is 0 Å². The molecule has 0 fully saturated rings. The van der Waals surface area contributed by atoms with Crippen molar-refractivity contribution in [3.8, 4) is 5.75 Å². The van der Waals surface area contributed by atoms with Gasteiger partial charge in [0.15, 0.2) is 0 Å². The molecule has 1 nitrogen and oxygen atoms in total. The molecule has 0 bridgehead atoms. The standard InChI is InChI=1S/C33H34O/c1-3-34-33-23-21-30(22-24-33)16-15-28-11-9-27(10-12-28)13-14-29-17-19-31(20-18-29)25-26(2)32-7-5-4-6-8-32/h4-12,15-24,26H,3,13-14,25H2,1-2H3/t26-/m0/s1. The fraction of sp³-hybridized carbons (Fsp3) is 0.212. The molecule has 0 aromatic heterocycles. The molecule has 4 aromatic carbocycles. The Kier molecular flexibility index (Phi) is 8.35. The summed E-state index contributed by atoms with van der Waals surface area (Å²) in [6.45, 7) is 5.00. The first-order valence-corrected chi connectivity index (χ1v) is 12.3. The highest BCUT2D eigenvalue weighted by molar-refractivity contribution is 5.69. The minimum atomic E-state index is 0.536. The van der Waals surface area contributed by atoms with Crippen LogP contribution in [0.4, 0.5) is 0 Å². The molecule has 0 N–H and O–H groups in total. The van der Waals surface area contributed by atoms with Crippen molar-refractivity contribution in [1.29, 1.82) is 0 Å². The number of hydrogen-bond donors (Lipinski definition) is 0. The van der Waals surface area contributed by atoms with Crippen molar-refractivity contribution < 1.29 is 4.74 Å². The van der Waals surface area contributed by atoms with Crippen LogP contribution in [0.25, 0.3) is 12.2 Å². The number of benzene rings is 4. The molecule has 0 aliphatic carbocycles. The van der Waals surface area contributed by atoms with Crippen LogP contribution in [0.2, 0.25) is 0 Å². The van der Waals surface area contributed by atoms with E-state index in [1.54, 1.807) is 0 Å². The van der Waals surface area contributed by atoms with Crippen molar-refractivity contribution in [1.82, 2.24) is 0 Å². The predicted molar refractivity (Wildman–Crippen MR) is 145 cm³/mol. The highest BCUT2D eigenvalue weighted by Gasteiger charge is 2.06. The molecule has 0 aliphatic rings. The Labute approximate surface area is 204 Å². The number of rotatable bonds is 10. The molecular weight excluding hydrogens is 412 g/mol. The van der Waals surface area contributed by atoms with E-state index in [4.69, 9.17) is 4.74 Å². The summed E-state index contributed by atoms with van der Waals surface area (Å²) in [5, 5.41) is 0. The van der Waals surface area contributed by atoms with Gasteiger partial charge in [-0.25, -0.2) is 0 Å². The fourth-order valence-electron chi connectivity index (χ4n) is 4.21. The van der Waals surface area contributed by atoms with Crippen LogP contribution in [0.3, 0.4) is 0 Å². The van der Waals surface area contributed by atoms with Gasteiger partial charge in [0.2, 0.25) is 0 Å². The summed E-state index contributed by atoms with van der Waals surface area (Å²) in [6.07, 6.45) is 7.51. The van der Waals surface area contributed by atoms with E-state index in [2.05, 4.69) is 110 Å². The van der Waals surface area contributed by atoms with Gasteiger partial charge in [0.05, 0.1) is 6.61 Å². The van der Waals surface area contributed by atoms with Crippen molar-refractivity contribution in [2.24, 2.45) is 0 Å². The summed E-state index contributed by atoms with van der Waals surface area (Å²) in [5.41, 5.74) is 7.98. The van der Waals surface area contributed by atoms with Crippen LogP contribution in [-0.2, 0) is 19.3 Å². The lowest BCUT2D eigenvalue weighted by Crippen LogP contribution is -1.99. The normalized spacial score (nSPS) is 12.1. The third kappa shape index (κ3) is 6.96. The summed E-state index contributed by atoms with van der Waals surface area (Å²) < 4.78 is 5.51. The molecule has 4 rings (SSSR count). The molecule has 0 heterocycles. The van der Waals surface area contributed by atoms with Crippen LogP contribution in [0.5, 0.6) is 5.75 Å². The molecule has 172 valence electrons. The van der Waals surface area contributed by atoms with Crippen LogP contribution in [0.1, 0.15) is 53.1 Å². The van der Waals surface area contributed by atoms with Gasteiger partial charge in [0.1, 0.15) is 5.75 Å². The highest BCUT2D eigenvalue weighted by atomic mass is 16.5. The fourth-order valence-corrected chi connectivity index (χ4v) is 4.21. The third-order valence-corrected chi connectivity index (χ3v) is 6.27. The van der Waals surface area contributed by atoms with E-state index in [1.165, 1.54) is 33.4 Å². The van der Waals surface area contributed by atoms with Crippen molar-refractivity contribution in [3.05, 3.63) is 137 Å². The van der Waals surface area contributed by atoms with Crippen LogP contribution < -0.4 is 4.74 Å². The van der Waals surface area contributed by atoms with Crippen molar-refractivity contribution >= 4 is 12.2 Å². The van der Waals surface area contributed by atoms with Gasteiger partial charge in [0.25, 0.3) is 0 Å². The molecule has 34 heavy (non-hydrogen) atoms. The van der Waals surface area contributed by atoms with Gasteiger partial charge in [0, 0.05) is 0 Å². The number of ether oxygens (including phenoxy) is 1. The second-order valence-corrected chi connectivity index (χ2v) is 8.91. The van der Waals surface area contributed by atoms with Gasteiger partial charge < -0.3 is 4.74 Å². The van der Waals surface area contributed by atoms with E-state index < -0.39 is 0 Å². The third-order valence-electron chi connectivity index (χ3n) is 6.27. The Morgan fingerprint density at radius 1 is 0.618 bits per heavy atom. The molecule has 0 amide bonds. The lowest BCUT2D eigenvalue weighted by molar-refractivity contribution is 0.340. The van der Waals surface area contributed by atoms with E-state index in [-0.39, 0.29) is 0 Å². The van der Waals surface area contributed by atoms with E-state index in [1.807, 2.05) is 19.1 Å². The molecule has 0 aliphatic heterocycles. The van der Waals surface area contributed by atoms with Gasteiger partial charge in [-0.2, -0.15) is 0 Å². The molecule has 0 unspecified atom stereocenters. The van der Waals surface area contributed by atoms with Gasteiger partial charge in [-0.05, 0) is 77.6 Å². The Morgan fingerprint density at radius 3 is 1.68 bits per heavy atom. The number of hydrogen-bond acceptors (Lipinski definition) is 1. The lowest BCUT2D eigenvalue weighted by atomic mass is 9.93. The summed E-state index contributed by atoms with van der Waals surface area (Å²) in [7, 11) is 0. The second kappa shape index (κ2) is 12.0. The highest BCUT2D eigenvalue weighted by Crippen LogP contribution is 2.21. The topological polar surface area (TPSA) is 9.23 Å². The van der Waals surface area contributed by atoms with Gasteiger partial charge in [-0.3, -0.25) is 0 Å². The first kappa shape index (κ1) is 23.6.